The monoisotopic (exact) mass is 468 g/mol. The molecule has 0 aliphatic rings. The van der Waals surface area contributed by atoms with Gasteiger partial charge in [0.05, 0.1) is 5.41 Å². The predicted octanol–water partition coefficient (Wildman–Crippen LogP) is 3.40. The molecule has 0 saturated carbocycles. The van der Waals surface area contributed by atoms with E-state index in [1.807, 2.05) is 0 Å². The van der Waals surface area contributed by atoms with Gasteiger partial charge in [-0.25, -0.2) is 0 Å². The fourth-order valence-electron chi connectivity index (χ4n) is 2.17. The number of amides is 1. The van der Waals surface area contributed by atoms with Gasteiger partial charge >= 0.3 is 22.4 Å². The summed E-state index contributed by atoms with van der Waals surface area (Å²) < 4.78 is 28.2. The molecule has 0 heterocycles. The molecule has 0 radical (unpaired) electrons. The summed E-state index contributed by atoms with van der Waals surface area (Å²) in [6, 6.07) is 11.5. The third-order valence-corrected chi connectivity index (χ3v) is 3.85. The number of aliphatic carboxylic acids is 1. The van der Waals surface area contributed by atoms with E-state index in [1.54, 1.807) is 57.2 Å². The first-order valence-electron chi connectivity index (χ1n) is 8.74. The highest BCUT2D eigenvalue weighted by Gasteiger charge is 2.23. The van der Waals surface area contributed by atoms with E-state index in [0.717, 1.165) is 0 Å². The molecule has 0 saturated heterocycles. The second-order valence-corrected chi connectivity index (χ2v) is 8.07. The lowest BCUT2D eigenvalue weighted by Crippen LogP contribution is -2.29. The molecule has 2 rings (SSSR count). The van der Waals surface area contributed by atoms with E-state index in [-0.39, 0.29) is 11.5 Å². The minimum Gasteiger partial charge on any atom is -0.480 e. The molecule has 2 aromatic carbocycles. The number of hydrogen-bond acceptors (Lipinski definition) is 7. The zero-order valence-electron chi connectivity index (χ0n) is 16.9. The van der Waals surface area contributed by atoms with Crippen LogP contribution in [0.25, 0.3) is 11.1 Å². The Labute approximate surface area is 185 Å². The van der Waals surface area contributed by atoms with Gasteiger partial charge in [0.15, 0.2) is 0 Å². The van der Waals surface area contributed by atoms with Gasteiger partial charge < -0.3 is 15.2 Å². The molecule has 166 valence electrons. The molecule has 31 heavy (non-hydrogen) atoms. The Hall–Kier alpha value is -3.24. The summed E-state index contributed by atoms with van der Waals surface area (Å²) in [6.07, 6.45) is 0. The molecular weight excluding hydrogens is 448 g/mol. The van der Waals surface area contributed by atoms with Crippen LogP contribution in [-0.2, 0) is 20.1 Å². The van der Waals surface area contributed by atoms with Crippen LogP contribution >= 0.6 is 11.6 Å². The van der Waals surface area contributed by atoms with E-state index in [9.17, 15) is 14.4 Å². The van der Waals surface area contributed by atoms with Crippen molar-refractivity contribution in [1.82, 2.24) is 5.32 Å². The molecule has 0 atom stereocenters. The van der Waals surface area contributed by atoms with Crippen molar-refractivity contribution >= 4 is 39.9 Å². The first-order valence-corrected chi connectivity index (χ1v) is 10.2. The van der Waals surface area contributed by atoms with E-state index in [4.69, 9.17) is 34.6 Å². The zero-order valence-corrected chi connectivity index (χ0v) is 18.5. The molecule has 9 nitrogen and oxygen atoms in total. The Kier molecular flexibility index (Phi) is 9.35. The van der Waals surface area contributed by atoms with Crippen LogP contribution in [0.5, 0.6) is 5.75 Å². The summed E-state index contributed by atoms with van der Waals surface area (Å²) >= 11 is 5.98. The van der Waals surface area contributed by atoms with Crippen molar-refractivity contribution in [1.29, 1.82) is 4.78 Å². The van der Waals surface area contributed by atoms with Crippen LogP contribution in [0.1, 0.15) is 31.1 Å². The molecule has 2 aromatic rings. The summed E-state index contributed by atoms with van der Waals surface area (Å²) in [5.41, 5.74) is 0.909. The van der Waals surface area contributed by atoms with Gasteiger partial charge in [0, 0.05) is 10.6 Å². The van der Waals surface area contributed by atoms with Crippen LogP contribution in [0.15, 0.2) is 42.5 Å². The molecule has 0 unspecified atom stereocenters. The van der Waals surface area contributed by atoms with Crippen molar-refractivity contribution in [3.05, 3.63) is 53.1 Å². The summed E-state index contributed by atoms with van der Waals surface area (Å²) in [7, 11) is -2.61. The zero-order chi connectivity index (χ0) is 23.8. The number of esters is 1. The van der Waals surface area contributed by atoms with E-state index >= 15 is 0 Å². The molecule has 1 amide bonds. The second kappa shape index (κ2) is 11.2. The van der Waals surface area contributed by atoms with Crippen molar-refractivity contribution in [2.45, 2.75) is 20.8 Å². The Morgan fingerprint density at radius 2 is 1.65 bits per heavy atom. The van der Waals surface area contributed by atoms with Crippen molar-refractivity contribution in [2.24, 2.45) is 5.41 Å². The maximum absolute atomic E-state index is 12.3. The lowest BCUT2D eigenvalue weighted by atomic mass is 9.97. The molecule has 0 aliphatic carbocycles. The Bertz CT molecular complexity index is 1070. The van der Waals surface area contributed by atoms with Crippen LogP contribution in [0, 0.1) is 10.2 Å². The summed E-state index contributed by atoms with van der Waals surface area (Å²) in [5, 5.41) is 11.4. The van der Waals surface area contributed by atoms with Crippen LogP contribution in [0.3, 0.4) is 0 Å². The third kappa shape index (κ3) is 8.97. The molecule has 0 aliphatic heterocycles. The van der Waals surface area contributed by atoms with Crippen molar-refractivity contribution in [3.63, 3.8) is 0 Å². The largest absolute Gasteiger partial charge is 0.480 e. The number of nitrogens with one attached hydrogen (secondary N) is 2. The number of carboxylic acid groups (broad SMARTS) is 1. The number of hydrogen-bond donors (Lipinski definition) is 3. The van der Waals surface area contributed by atoms with Crippen molar-refractivity contribution < 1.29 is 32.6 Å². The maximum Gasteiger partial charge on any atom is 0.322 e. The third-order valence-electron chi connectivity index (χ3n) is 3.61. The van der Waals surface area contributed by atoms with Gasteiger partial charge in [-0.3, -0.25) is 14.4 Å². The molecule has 0 aromatic heterocycles. The van der Waals surface area contributed by atoms with E-state index in [2.05, 4.69) is 5.32 Å². The molecule has 0 bridgehead atoms. The highest BCUT2D eigenvalue weighted by molar-refractivity contribution is 7.60. The van der Waals surface area contributed by atoms with Gasteiger partial charge in [0.2, 0.25) is 0 Å². The number of carbonyl (C=O) groups is 3. The lowest BCUT2D eigenvalue weighted by Gasteiger charge is -2.16. The number of rotatable bonds is 5. The Morgan fingerprint density at radius 3 is 2.13 bits per heavy atom. The van der Waals surface area contributed by atoms with Crippen LogP contribution < -0.4 is 10.1 Å². The van der Waals surface area contributed by atoms with Gasteiger partial charge in [-0.2, -0.15) is 13.2 Å². The van der Waals surface area contributed by atoms with Gasteiger partial charge in [0.25, 0.3) is 5.91 Å². The maximum atomic E-state index is 12.3. The van der Waals surface area contributed by atoms with Crippen LogP contribution in [0.2, 0.25) is 5.02 Å². The number of carbonyl (C=O) groups excluding carboxylic acids is 2. The smallest absolute Gasteiger partial charge is 0.322 e. The average Bonchev–Trinajstić information content (AvgIpc) is 2.65. The lowest BCUT2D eigenvalue weighted by molar-refractivity contribution is -0.143. The first kappa shape index (κ1) is 25.8. The average molecular weight is 469 g/mol. The fourth-order valence-corrected chi connectivity index (χ4v) is 2.34. The summed E-state index contributed by atoms with van der Waals surface area (Å²) in [4.78, 5) is 34.9. The van der Waals surface area contributed by atoms with E-state index < -0.39 is 34.3 Å². The predicted molar refractivity (Wildman–Crippen MR) is 114 cm³/mol. The highest BCUT2D eigenvalue weighted by atomic mass is 35.5. The van der Waals surface area contributed by atoms with E-state index in [1.165, 1.54) is 6.07 Å². The summed E-state index contributed by atoms with van der Waals surface area (Å²) in [6.45, 7) is 4.80. The topological polar surface area (TPSA) is 151 Å². The van der Waals surface area contributed by atoms with Gasteiger partial charge in [-0.1, -0.05) is 29.8 Å². The number of halogens is 1. The fraction of sp³-hybridized carbons (Fsp3) is 0.250. The normalized spacial score (nSPS) is 10.3. The van der Waals surface area contributed by atoms with Crippen molar-refractivity contribution in [3.8, 4) is 16.9 Å². The number of carboxylic acids is 1. The van der Waals surface area contributed by atoms with Gasteiger partial charge in [-0.05, 0) is 56.2 Å². The van der Waals surface area contributed by atoms with Crippen LogP contribution in [0.4, 0.5) is 0 Å². The SMILES string of the molecule is CC(C)(C)C(=O)Oc1ccc(-c2ccc(Cl)cc2C(=O)NCC(=O)O)cc1.N=S(=O)=O. The standard InChI is InChI=1S/C20H20ClNO5.HNO2S/c1-20(2,3)19(26)27-14-7-4-12(5-8-14)15-9-6-13(21)10-16(15)18(25)22-11-17(23)24;1-4(2)3/h4-10H,11H2,1-3H3,(H,22,25)(H,23,24);1H. The molecule has 11 heteroatoms. The van der Waals surface area contributed by atoms with Gasteiger partial charge in [-0.15, -0.1) is 0 Å². The van der Waals surface area contributed by atoms with Crippen LogP contribution in [-0.4, -0.2) is 37.9 Å². The number of ether oxygens (including phenoxy) is 1. The molecule has 0 spiro atoms. The number of benzene rings is 2. The summed E-state index contributed by atoms with van der Waals surface area (Å²) in [5.74, 6) is -1.64. The Morgan fingerprint density at radius 1 is 1.10 bits per heavy atom. The van der Waals surface area contributed by atoms with Crippen molar-refractivity contribution in [2.75, 3.05) is 6.54 Å². The molecular formula is C20H21ClN2O7S. The first-order chi connectivity index (χ1) is 14.3. The molecule has 0 fully saturated rings. The highest BCUT2D eigenvalue weighted by Crippen LogP contribution is 2.29. The minimum absolute atomic E-state index is 0.253. The quantitative estimate of drug-likeness (QED) is 0.449. The second-order valence-electron chi connectivity index (χ2n) is 7.16. The minimum atomic E-state index is -2.61. The Balaban J connectivity index is 0.00000110. The van der Waals surface area contributed by atoms with E-state index in [0.29, 0.717) is 21.9 Å². The van der Waals surface area contributed by atoms with Gasteiger partial charge in [0.1, 0.15) is 12.3 Å². The molecule has 3 N–H and O–H groups in total.